The van der Waals surface area contributed by atoms with Crippen molar-refractivity contribution in [3.63, 3.8) is 0 Å². The molecular formula is C20H18N6O2. The second-order valence-corrected chi connectivity index (χ2v) is 6.93. The Hall–Kier alpha value is -3.55. The van der Waals surface area contributed by atoms with E-state index in [2.05, 4.69) is 15.1 Å². The maximum atomic E-state index is 11.6. The largest absolute Gasteiger partial charge is 0.342 e. The number of nitro benzene ring substituents is 1. The van der Waals surface area contributed by atoms with Crippen LogP contribution in [0, 0.1) is 10.1 Å². The molecule has 0 atom stereocenters. The first-order chi connectivity index (χ1) is 13.7. The summed E-state index contributed by atoms with van der Waals surface area (Å²) < 4.78 is 1.87. The summed E-state index contributed by atoms with van der Waals surface area (Å²) in [5.41, 5.74) is 1.96. The van der Waals surface area contributed by atoms with Crippen molar-refractivity contribution in [1.82, 2.24) is 19.6 Å². The average Bonchev–Trinajstić information content (AvgIpc) is 3.19. The Morgan fingerprint density at radius 1 is 0.929 bits per heavy atom. The highest BCUT2D eigenvalue weighted by Gasteiger charge is 2.25. The number of aromatic nitrogens is 4. The molecule has 0 aliphatic carbocycles. The number of nitrogens with zero attached hydrogens (tertiary/aromatic N) is 6. The number of para-hydroxylation sites is 2. The molecule has 0 saturated carbocycles. The topological polar surface area (TPSA) is 89.5 Å². The summed E-state index contributed by atoms with van der Waals surface area (Å²) in [5.74, 6) is 1.19. The van der Waals surface area contributed by atoms with Crippen molar-refractivity contribution in [2.45, 2.75) is 19.3 Å². The number of benzene rings is 2. The predicted octanol–water partition coefficient (Wildman–Crippen LogP) is 3.84. The smallest absolute Gasteiger partial charge is 0.280 e. The van der Waals surface area contributed by atoms with Crippen molar-refractivity contribution in [3.8, 4) is 11.4 Å². The predicted molar refractivity (Wildman–Crippen MR) is 106 cm³/mol. The van der Waals surface area contributed by atoms with Gasteiger partial charge >= 0.3 is 0 Å². The Morgan fingerprint density at radius 2 is 1.68 bits per heavy atom. The van der Waals surface area contributed by atoms with E-state index in [0.717, 1.165) is 42.8 Å². The van der Waals surface area contributed by atoms with E-state index in [1.165, 1.54) is 12.5 Å². The van der Waals surface area contributed by atoms with E-state index in [1.807, 2.05) is 28.7 Å². The van der Waals surface area contributed by atoms with E-state index >= 15 is 0 Å². The van der Waals surface area contributed by atoms with Gasteiger partial charge in [0.15, 0.2) is 11.5 Å². The third-order valence-corrected chi connectivity index (χ3v) is 5.21. The van der Waals surface area contributed by atoms with Gasteiger partial charge in [-0.05, 0) is 37.5 Å². The summed E-state index contributed by atoms with van der Waals surface area (Å²) in [7, 11) is 0. The van der Waals surface area contributed by atoms with Gasteiger partial charge in [-0.25, -0.2) is 9.38 Å². The van der Waals surface area contributed by atoms with Crippen LogP contribution in [0.15, 0.2) is 48.5 Å². The number of piperidine rings is 1. The molecule has 0 unspecified atom stereocenters. The van der Waals surface area contributed by atoms with E-state index in [9.17, 15) is 10.1 Å². The lowest BCUT2D eigenvalue weighted by Gasteiger charge is -2.28. The molecule has 1 aliphatic rings. The van der Waals surface area contributed by atoms with E-state index < -0.39 is 0 Å². The van der Waals surface area contributed by atoms with E-state index in [0.29, 0.717) is 17.0 Å². The highest BCUT2D eigenvalue weighted by atomic mass is 16.6. The highest BCUT2D eigenvalue weighted by Crippen LogP contribution is 2.33. The fourth-order valence-corrected chi connectivity index (χ4v) is 3.87. The van der Waals surface area contributed by atoms with Crippen LogP contribution in [0.3, 0.4) is 0 Å². The Bertz CT molecular complexity index is 1200. The fraction of sp³-hybridized carbons (Fsp3) is 0.250. The van der Waals surface area contributed by atoms with Gasteiger partial charge in [0, 0.05) is 24.5 Å². The molecule has 8 nitrogen and oxygen atoms in total. The van der Waals surface area contributed by atoms with Gasteiger partial charge in [0.2, 0.25) is 5.95 Å². The van der Waals surface area contributed by atoms with Crippen LogP contribution in [0.5, 0.6) is 0 Å². The molecule has 0 bridgehead atoms. The van der Waals surface area contributed by atoms with Gasteiger partial charge in [0.05, 0.1) is 16.0 Å². The minimum absolute atomic E-state index is 0.00885. The van der Waals surface area contributed by atoms with E-state index in [-0.39, 0.29) is 10.6 Å². The normalized spacial score (nSPS) is 14.6. The number of hydrogen-bond donors (Lipinski definition) is 0. The van der Waals surface area contributed by atoms with E-state index in [1.54, 1.807) is 18.2 Å². The summed E-state index contributed by atoms with van der Waals surface area (Å²) in [4.78, 5) is 18.3. The van der Waals surface area contributed by atoms with Gasteiger partial charge in [-0.3, -0.25) is 10.1 Å². The average molecular weight is 374 g/mol. The molecule has 0 amide bonds. The quantitative estimate of drug-likeness (QED) is 0.400. The fourth-order valence-electron chi connectivity index (χ4n) is 3.87. The van der Waals surface area contributed by atoms with Gasteiger partial charge in [0.1, 0.15) is 0 Å². The first-order valence-corrected chi connectivity index (χ1v) is 9.36. The second-order valence-electron chi connectivity index (χ2n) is 6.93. The van der Waals surface area contributed by atoms with Crippen LogP contribution in [-0.2, 0) is 0 Å². The molecule has 1 fully saturated rings. The zero-order chi connectivity index (χ0) is 19.1. The van der Waals surface area contributed by atoms with Crippen LogP contribution in [0.2, 0.25) is 0 Å². The van der Waals surface area contributed by atoms with Crippen LogP contribution in [0.25, 0.3) is 27.9 Å². The Balaban J connectivity index is 1.84. The number of hydrogen-bond acceptors (Lipinski definition) is 6. The van der Waals surface area contributed by atoms with E-state index in [4.69, 9.17) is 4.98 Å². The lowest BCUT2D eigenvalue weighted by molar-refractivity contribution is -0.384. The van der Waals surface area contributed by atoms with Crippen LogP contribution < -0.4 is 4.90 Å². The van der Waals surface area contributed by atoms with Crippen LogP contribution >= 0.6 is 0 Å². The maximum Gasteiger partial charge on any atom is 0.280 e. The lowest BCUT2D eigenvalue weighted by atomic mass is 10.1. The second kappa shape index (κ2) is 6.56. The molecule has 0 spiro atoms. The molecule has 2 aromatic heterocycles. The Morgan fingerprint density at radius 3 is 2.50 bits per heavy atom. The van der Waals surface area contributed by atoms with Gasteiger partial charge in [-0.15, -0.1) is 10.2 Å². The van der Waals surface area contributed by atoms with Crippen LogP contribution in [0.4, 0.5) is 11.6 Å². The van der Waals surface area contributed by atoms with Gasteiger partial charge in [0.25, 0.3) is 5.69 Å². The van der Waals surface area contributed by atoms with Crippen LogP contribution in [-0.4, -0.2) is 37.6 Å². The monoisotopic (exact) mass is 374 g/mol. The zero-order valence-electron chi connectivity index (χ0n) is 15.2. The first kappa shape index (κ1) is 16.6. The molecule has 5 rings (SSSR count). The third-order valence-electron chi connectivity index (χ3n) is 5.21. The Labute approximate surface area is 160 Å². The van der Waals surface area contributed by atoms with Crippen molar-refractivity contribution in [2.24, 2.45) is 0 Å². The molecule has 0 N–H and O–H groups in total. The molecule has 28 heavy (non-hydrogen) atoms. The van der Waals surface area contributed by atoms with Crippen molar-refractivity contribution < 1.29 is 4.92 Å². The van der Waals surface area contributed by atoms with Crippen molar-refractivity contribution in [1.29, 1.82) is 0 Å². The standard InChI is InChI=1S/C20H18N6O2/c27-26(28)17-11-5-3-9-15(17)19-23-22-18-14-8-2-4-10-16(14)21-20(25(18)19)24-12-6-1-7-13-24/h2-5,8-11H,1,6-7,12-13H2. The number of nitro groups is 1. The van der Waals surface area contributed by atoms with Crippen molar-refractivity contribution in [2.75, 3.05) is 18.0 Å². The minimum Gasteiger partial charge on any atom is -0.342 e. The minimum atomic E-state index is -0.383. The van der Waals surface area contributed by atoms with Crippen molar-refractivity contribution >= 4 is 28.2 Å². The van der Waals surface area contributed by atoms with Gasteiger partial charge in [-0.2, -0.15) is 0 Å². The molecule has 3 heterocycles. The molecule has 2 aromatic carbocycles. The molecule has 140 valence electrons. The molecular weight excluding hydrogens is 356 g/mol. The molecule has 0 radical (unpaired) electrons. The first-order valence-electron chi connectivity index (χ1n) is 9.36. The SMILES string of the molecule is O=[N+]([O-])c1ccccc1-c1nnc2c3ccccc3nc(N3CCCCC3)n12. The summed E-state index contributed by atoms with van der Waals surface area (Å²) in [6.45, 7) is 1.80. The van der Waals surface area contributed by atoms with Crippen molar-refractivity contribution in [3.05, 3.63) is 58.6 Å². The van der Waals surface area contributed by atoms with Crippen LogP contribution in [0.1, 0.15) is 19.3 Å². The summed E-state index contributed by atoms with van der Waals surface area (Å²) in [6, 6.07) is 14.4. The lowest BCUT2D eigenvalue weighted by Crippen LogP contribution is -2.32. The Kier molecular flexibility index (Phi) is 3.89. The highest BCUT2D eigenvalue weighted by molar-refractivity contribution is 5.93. The number of fused-ring (bicyclic) bond motifs is 3. The summed E-state index contributed by atoms with van der Waals surface area (Å²) >= 11 is 0. The summed E-state index contributed by atoms with van der Waals surface area (Å²) in [5, 5.41) is 21.2. The zero-order valence-corrected chi connectivity index (χ0v) is 15.2. The number of rotatable bonds is 3. The van der Waals surface area contributed by atoms with Gasteiger partial charge in [-0.1, -0.05) is 24.3 Å². The number of anilines is 1. The maximum absolute atomic E-state index is 11.6. The third kappa shape index (κ3) is 2.57. The summed E-state index contributed by atoms with van der Waals surface area (Å²) in [6.07, 6.45) is 3.39. The molecule has 4 aromatic rings. The molecule has 1 aliphatic heterocycles. The molecule has 1 saturated heterocycles. The molecule has 8 heteroatoms. The van der Waals surface area contributed by atoms with Gasteiger partial charge < -0.3 is 4.90 Å².